The molecule has 1 aliphatic heterocycles. The van der Waals surface area contributed by atoms with Gasteiger partial charge < -0.3 is 19.5 Å². The first kappa shape index (κ1) is 21.4. The molecule has 0 unspecified atom stereocenters. The zero-order valence-corrected chi connectivity index (χ0v) is 18.1. The summed E-state index contributed by atoms with van der Waals surface area (Å²) in [6.45, 7) is 2.44. The van der Waals surface area contributed by atoms with Gasteiger partial charge in [0, 0.05) is 43.4 Å². The summed E-state index contributed by atoms with van der Waals surface area (Å²) in [5, 5.41) is 10.5. The van der Waals surface area contributed by atoms with E-state index in [1.807, 2.05) is 6.07 Å². The third-order valence-corrected chi connectivity index (χ3v) is 5.37. The molecule has 4 rings (SSSR count). The van der Waals surface area contributed by atoms with E-state index in [1.165, 1.54) is 4.90 Å². The minimum atomic E-state index is -1.67. The average molecular weight is 433 g/mol. The molecule has 1 aliphatic rings. The van der Waals surface area contributed by atoms with Crippen LogP contribution in [0.5, 0.6) is 5.75 Å². The monoisotopic (exact) mass is 433 g/mol. The number of benzene rings is 1. The number of methoxy groups -OCH3 is 1. The molecule has 32 heavy (non-hydrogen) atoms. The molecule has 0 spiro atoms. The number of pyridine rings is 1. The molecule has 164 valence electrons. The van der Waals surface area contributed by atoms with E-state index < -0.39 is 17.5 Å². The first-order chi connectivity index (χ1) is 15.4. The highest BCUT2D eigenvalue weighted by Gasteiger charge is 2.42. The Morgan fingerprint density at radius 1 is 1.31 bits per heavy atom. The third kappa shape index (κ3) is 3.79. The number of nitrogens with zero attached hydrogens (tertiary/aromatic N) is 3. The smallest absolute Gasteiger partial charge is 0.374 e. The van der Waals surface area contributed by atoms with Gasteiger partial charge in [-0.05, 0) is 25.1 Å². The average Bonchev–Trinajstić information content (AvgIpc) is 3.31. The number of aromatic nitrogens is 2. The largest absolute Gasteiger partial charge is 0.497 e. The van der Waals surface area contributed by atoms with Crippen LogP contribution in [0.2, 0.25) is 0 Å². The molecule has 1 N–H and O–H groups in total. The summed E-state index contributed by atoms with van der Waals surface area (Å²) >= 11 is 0. The Morgan fingerprint density at radius 2 is 2.12 bits per heavy atom. The van der Waals surface area contributed by atoms with E-state index in [2.05, 4.69) is 16.8 Å². The molecule has 1 fully saturated rings. The highest BCUT2D eigenvalue weighted by Crippen LogP contribution is 2.29. The fourth-order valence-corrected chi connectivity index (χ4v) is 3.63. The summed E-state index contributed by atoms with van der Waals surface area (Å²) in [5.41, 5.74) is 0.894. The van der Waals surface area contributed by atoms with E-state index in [-0.39, 0.29) is 18.9 Å². The number of likely N-dealkylation sites (tertiary alicyclic amines) is 1. The van der Waals surface area contributed by atoms with Crippen LogP contribution < -0.4 is 4.74 Å². The summed E-state index contributed by atoms with van der Waals surface area (Å²) < 4.78 is 12.1. The van der Waals surface area contributed by atoms with Gasteiger partial charge in [0.2, 0.25) is 11.4 Å². The van der Waals surface area contributed by atoms with Crippen LogP contribution in [0.3, 0.4) is 0 Å². The molecule has 0 saturated carbocycles. The first-order valence-electron chi connectivity index (χ1n) is 10.2. The molecule has 0 aliphatic carbocycles. The van der Waals surface area contributed by atoms with E-state index in [0.717, 1.165) is 5.56 Å². The molecular weight excluding hydrogens is 410 g/mol. The fourth-order valence-electron chi connectivity index (χ4n) is 3.63. The maximum Gasteiger partial charge on any atom is 0.374 e. The number of amides is 1. The van der Waals surface area contributed by atoms with E-state index in [0.29, 0.717) is 29.1 Å². The fraction of sp³-hybridized carbons (Fsp3) is 0.292. The molecule has 0 bridgehead atoms. The van der Waals surface area contributed by atoms with Gasteiger partial charge in [0.15, 0.2) is 0 Å². The van der Waals surface area contributed by atoms with Crippen molar-refractivity contribution in [1.82, 2.24) is 14.3 Å². The molecule has 3 aromatic rings. The maximum absolute atomic E-state index is 12.4. The normalized spacial score (nSPS) is 17.9. The van der Waals surface area contributed by atoms with Crippen LogP contribution in [0.15, 0.2) is 42.6 Å². The molecule has 2 aromatic heterocycles. The number of hydrogen-bond acceptors (Lipinski definition) is 6. The van der Waals surface area contributed by atoms with Gasteiger partial charge in [0.1, 0.15) is 5.75 Å². The van der Waals surface area contributed by atoms with Crippen LogP contribution in [-0.2, 0) is 9.53 Å². The highest BCUT2D eigenvalue weighted by molar-refractivity contribution is 5.92. The van der Waals surface area contributed by atoms with Crippen molar-refractivity contribution < 1.29 is 24.2 Å². The molecule has 1 amide bonds. The minimum absolute atomic E-state index is 0.157. The van der Waals surface area contributed by atoms with Crippen molar-refractivity contribution in [2.75, 3.05) is 27.3 Å². The standard InChI is InChI=1S/C24H23N3O5/c1-4-32-22(28)21-25-20(19-15-18(31-3)9-12-27(19)21)17-7-5-6-16(14-17)8-10-24(30)11-13-26(2)23(24)29/h5-7,9,12,14-15,30H,4,11,13H2,1-3H3/t24-/m0/s1. The first-order valence-corrected chi connectivity index (χ1v) is 10.2. The van der Waals surface area contributed by atoms with Gasteiger partial charge >= 0.3 is 5.97 Å². The van der Waals surface area contributed by atoms with Crippen molar-refractivity contribution in [2.24, 2.45) is 0 Å². The Hall–Kier alpha value is -3.83. The Bertz CT molecular complexity index is 1270. The topological polar surface area (TPSA) is 93.4 Å². The Kier molecular flexibility index (Phi) is 5.59. The SMILES string of the molecule is CCOC(=O)c1nc(-c2cccc(C#C[C@]3(O)CCN(C)C3=O)c2)c2cc(OC)ccn12. The molecule has 0 radical (unpaired) electrons. The lowest BCUT2D eigenvalue weighted by atomic mass is 10.0. The van der Waals surface area contributed by atoms with Gasteiger partial charge in [0.25, 0.3) is 5.91 Å². The van der Waals surface area contributed by atoms with Crippen LogP contribution in [-0.4, -0.2) is 64.2 Å². The molecule has 8 nitrogen and oxygen atoms in total. The molecule has 1 saturated heterocycles. The van der Waals surface area contributed by atoms with Crippen LogP contribution in [0, 0.1) is 11.8 Å². The van der Waals surface area contributed by atoms with Crippen molar-refractivity contribution in [1.29, 1.82) is 0 Å². The van der Waals surface area contributed by atoms with Crippen molar-refractivity contribution in [3.8, 4) is 28.8 Å². The quantitative estimate of drug-likeness (QED) is 0.501. The number of rotatable bonds is 4. The van der Waals surface area contributed by atoms with Crippen LogP contribution in [0.25, 0.3) is 16.8 Å². The lowest BCUT2D eigenvalue weighted by Crippen LogP contribution is -2.37. The van der Waals surface area contributed by atoms with Gasteiger partial charge in [-0.25, -0.2) is 9.78 Å². The second-order valence-electron chi connectivity index (χ2n) is 7.49. The van der Waals surface area contributed by atoms with Gasteiger partial charge in [-0.15, -0.1) is 0 Å². The van der Waals surface area contributed by atoms with Gasteiger partial charge in [-0.1, -0.05) is 24.0 Å². The number of fused-ring (bicyclic) bond motifs is 1. The third-order valence-electron chi connectivity index (χ3n) is 5.37. The van der Waals surface area contributed by atoms with Crippen LogP contribution >= 0.6 is 0 Å². The predicted molar refractivity (Wildman–Crippen MR) is 117 cm³/mol. The number of carbonyl (C=O) groups excluding carboxylic acids is 2. The number of carbonyl (C=O) groups is 2. The van der Waals surface area contributed by atoms with Crippen LogP contribution in [0.1, 0.15) is 29.5 Å². The summed E-state index contributed by atoms with van der Waals surface area (Å²) in [5.74, 6) is 5.49. The van der Waals surface area contributed by atoms with Gasteiger partial charge in [-0.2, -0.15) is 0 Å². The van der Waals surface area contributed by atoms with Crippen molar-refractivity contribution in [3.05, 3.63) is 54.0 Å². The second kappa shape index (κ2) is 8.36. The maximum atomic E-state index is 12.4. The lowest BCUT2D eigenvalue weighted by Gasteiger charge is -2.13. The minimum Gasteiger partial charge on any atom is -0.497 e. The number of likely N-dealkylation sites (N-methyl/N-ethyl adjacent to an activating group) is 1. The molecule has 1 atom stereocenters. The predicted octanol–water partition coefficient (Wildman–Crippen LogP) is 2.13. The zero-order chi connectivity index (χ0) is 22.9. The number of ether oxygens (including phenoxy) is 2. The van der Waals surface area contributed by atoms with Crippen molar-refractivity contribution >= 4 is 17.4 Å². The Morgan fingerprint density at radius 3 is 2.81 bits per heavy atom. The van der Waals surface area contributed by atoms with E-state index in [4.69, 9.17) is 9.47 Å². The Balaban J connectivity index is 1.78. The van der Waals surface area contributed by atoms with E-state index in [9.17, 15) is 14.7 Å². The van der Waals surface area contributed by atoms with Crippen LogP contribution in [0.4, 0.5) is 0 Å². The van der Waals surface area contributed by atoms with E-state index >= 15 is 0 Å². The second-order valence-corrected chi connectivity index (χ2v) is 7.49. The number of esters is 1. The van der Waals surface area contributed by atoms with Crippen molar-refractivity contribution in [2.45, 2.75) is 18.9 Å². The molecular formula is C24H23N3O5. The summed E-state index contributed by atoms with van der Waals surface area (Å²) in [6.07, 6.45) is 1.97. The number of aliphatic hydroxyl groups is 1. The summed E-state index contributed by atoms with van der Waals surface area (Å²) in [6, 6.07) is 10.8. The molecule has 8 heteroatoms. The van der Waals surface area contributed by atoms with Crippen molar-refractivity contribution in [3.63, 3.8) is 0 Å². The van der Waals surface area contributed by atoms with E-state index in [1.54, 1.807) is 62.0 Å². The summed E-state index contributed by atoms with van der Waals surface area (Å²) in [4.78, 5) is 30.6. The zero-order valence-electron chi connectivity index (χ0n) is 18.1. The van der Waals surface area contributed by atoms with Gasteiger partial charge in [-0.3, -0.25) is 9.20 Å². The lowest BCUT2D eigenvalue weighted by molar-refractivity contribution is -0.137. The number of imidazole rings is 1. The molecule has 3 heterocycles. The highest BCUT2D eigenvalue weighted by atomic mass is 16.5. The Labute approximate surface area is 185 Å². The summed E-state index contributed by atoms with van der Waals surface area (Å²) in [7, 11) is 3.21. The number of hydrogen-bond donors (Lipinski definition) is 1. The van der Waals surface area contributed by atoms with Gasteiger partial charge in [0.05, 0.1) is 24.9 Å². The molecule has 1 aromatic carbocycles.